The first-order chi connectivity index (χ1) is 12.7. The molecule has 2 aliphatic heterocycles. The number of anilines is 1. The summed E-state index contributed by atoms with van der Waals surface area (Å²) in [5.41, 5.74) is -0.0927. The third kappa shape index (κ3) is 4.21. The van der Waals surface area contributed by atoms with E-state index in [0.29, 0.717) is 31.9 Å². The maximum absolute atomic E-state index is 12.8. The number of phenolic OH excluding ortho intramolecular Hbond substituents is 1. The summed E-state index contributed by atoms with van der Waals surface area (Å²) in [5.74, 6) is -0.450. The summed E-state index contributed by atoms with van der Waals surface area (Å²) in [6.07, 6.45) is -0.242. The van der Waals surface area contributed by atoms with Crippen LogP contribution in [0.25, 0.3) is 0 Å². The number of amides is 3. The number of phenols is 1. The summed E-state index contributed by atoms with van der Waals surface area (Å²) in [6, 6.07) is 5.47. The van der Waals surface area contributed by atoms with Crippen molar-refractivity contribution in [3.8, 4) is 5.75 Å². The SMILES string of the molecule is CC(C)(C)OC(=O)N1CCN([C@H]2CC(=O)N(c3ccc(O)cc3)C2=O)CC1. The van der Waals surface area contributed by atoms with Gasteiger partial charge in [-0.3, -0.25) is 14.5 Å². The summed E-state index contributed by atoms with van der Waals surface area (Å²) in [5, 5.41) is 9.39. The van der Waals surface area contributed by atoms with Crippen LogP contribution in [0.5, 0.6) is 5.75 Å². The third-order valence-electron chi connectivity index (χ3n) is 4.64. The Bertz CT molecular complexity index is 733. The van der Waals surface area contributed by atoms with E-state index in [1.807, 2.05) is 25.7 Å². The summed E-state index contributed by atoms with van der Waals surface area (Å²) in [4.78, 5) is 42.1. The van der Waals surface area contributed by atoms with E-state index in [2.05, 4.69) is 0 Å². The van der Waals surface area contributed by atoms with Gasteiger partial charge in [0.05, 0.1) is 18.2 Å². The van der Waals surface area contributed by atoms with Crippen molar-refractivity contribution in [2.45, 2.75) is 38.8 Å². The Hall–Kier alpha value is -2.61. The first-order valence-electron chi connectivity index (χ1n) is 9.03. The number of benzene rings is 1. The Morgan fingerprint density at radius 3 is 2.22 bits per heavy atom. The van der Waals surface area contributed by atoms with Gasteiger partial charge in [-0.25, -0.2) is 9.69 Å². The lowest BCUT2D eigenvalue weighted by Crippen LogP contribution is -2.54. The summed E-state index contributed by atoms with van der Waals surface area (Å²) in [7, 11) is 0. The smallest absolute Gasteiger partial charge is 0.410 e. The van der Waals surface area contributed by atoms with Crippen LogP contribution >= 0.6 is 0 Å². The van der Waals surface area contributed by atoms with E-state index in [1.165, 1.54) is 17.0 Å². The van der Waals surface area contributed by atoms with E-state index < -0.39 is 11.6 Å². The van der Waals surface area contributed by atoms with Gasteiger partial charge in [0.15, 0.2) is 0 Å². The number of hydrogen-bond donors (Lipinski definition) is 1. The molecule has 2 saturated heterocycles. The molecule has 8 heteroatoms. The van der Waals surface area contributed by atoms with Gasteiger partial charge in [-0.2, -0.15) is 0 Å². The fraction of sp³-hybridized carbons (Fsp3) is 0.526. The average molecular weight is 375 g/mol. The maximum atomic E-state index is 12.8. The highest BCUT2D eigenvalue weighted by molar-refractivity contribution is 6.22. The van der Waals surface area contributed by atoms with Crippen LogP contribution in [0, 0.1) is 0 Å². The van der Waals surface area contributed by atoms with Crippen molar-refractivity contribution in [2.75, 3.05) is 31.1 Å². The van der Waals surface area contributed by atoms with Crippen molar-refractivity contribution in [3.63, 3.8) is 0 Å². The highest BCUT2D eigenvalue weighted by atomic mass is 16.6. The molecule has 27 heavy (non-hydrogen) atoms. The van der Waals surface area contributed by atoms with E-state index in [-0.39, 0.29) is 30.1 Å². The normalized spacial score (nSPS) is 21.7. The first kappa shape index (κ1) is 19.2. The number of ether oxygens (including phenoxy) is 1. The van der Waals surface area contributed by atoms with E-state index >= 15 is 0 Å². The predicted octanol–water partition coefficient (Wildman–Crippen LogP) is 1.58. The topological polar surface area (TPSA) is 90.4 Å². The number of rotatable bonds is 2. The van der Waals surface area contributed by atoms with E-state index in [4.69, 9.17) is 4.74 Å². The van der Waals surface area contributed by atoms with Crippen molar-refractivity contribution in [1.82, 2.24) is 9.80 Å². The molecule has 0 saturated carbocycles. The number of hydrogen-bond acceptors (Lipinski definition) is 6. The minimum absolute atomic E-state index is 0.0765. The van der Waals surface area contributed by atoms with Crippen LogP contribution < -0.4 is 4.90 Å². The predicted molar refractivity (Wildman–Crippen MR) is 98.4 cm³/mol. The Balaban J connectivity index is 1.62. The Morgan fingerprint density at radius 1 is 1.07 bits per heavy atom. The molecule has 2 fully saturated rings. The molecule has 1 N–H and O–H groups in total. The molecule has 1 aromatic rings. The summed E-state index contributed by atoms with van der Waals surface area (Å²) in [6.45, 7) is 7.38. The molecule has 2 aliphatic rings. The highest BCUT2D eigenvalue weighted by Crippen LogP contribution is 2.27. The zero-order chi connectivity index (χ0) is 19.8. The van der Waals surface area contributed by atoms with E-state index in [0.717, 1.165) is 0 Å². The van der Waals surface area contributed by atoms with Crippen LogP contribution in [0.4, 0.5) is 10.5 Å². The molecule has 0 aliphatic carbocycles. The van der Waals surface area contributed by atoms with Crippen molar-refractivity contribution in [3.05, 3.63) is 24.3 Å². The van der Waals surface area contributed by atoms with Crippen LogP contribution in [0.2, 0.25) is 0 Å². The molecular weight excluding hydrogens is 350 g/mol. The van der Waals surface area contributed by atoms with Gasteiger partial charge < -0.3 is 14.7 Å². The fourth-order valence-electron chi connectivity index (χ4n) is 3.32. The number of nitrogens with zero attached hydrogens (tertiary/aromatic N) is 3. The Morgan fingerprint density at radius 2 is 1.67 bits per heavy atom. The minimum atomic E-state index is -0.549. The standard InChI is InChI=1S/C19H25N3O5/c1-19(2,3)27-18(26)21-10-8-20(9-11-21)15-12-16(24)22(17(15)25)13-4-6-14(23)7-5-13/h4-7,15,23H,8-12H2,1-3H3/t15-/m0/s1. The minimum Gasteiger partial charge on any atom is -0.508 e. The van der Waals surface area contributed by atoms with Gasteiger partial charge in [-0.15, -0.1) is 0 Å². The zero-order valence-corrected chi connectivity index (χ0v) is 15.8. The quantitative estimate of drug-likeness (QED) is 0.790. The van der Waals surface area contributed by atoms with E-state index in [1.54, 1.807) is 17.0 Å². The fourth-order valence-corrected chi connectivity index (χ4v) is 3.32. The molecule has 1 atom stereocenters. The lowest BCUT2D eigenvalue weighted by Gasteiger charge is -2.37. The maximum Gasteiger partial charge on any atom is 0.410 e. The number of carbonyl (C=O) groups excluding carboxylic acids is 3. The Labute approximate surface area is 158 Å². The van der Waals surface area contributed by atoms with Gasteiger partial charge in [-0.1, -0.05) is 0 Å². The monoisotopic (exact) mass is 375 g/mol. The highest BCUT2D eigenvalue weighted by Gasteiger charge is 2.43. The van der Waals surface area contributed by atoms with Crippen molar-refractivity contribution < 1.29 is 24.2 Å². The van der Waals surface area contributed by atoms with E-state index in [9.17, 15) is 19.5 Å². The zero-order valence-electron chi connectivity index (χ0n) is 15.8. The lowest BCUT2D eigenvalue weighted by molar-refractivity contribution is -0.123. The molecule has 8 nitrogen and oxygen atoms in total. The molecule has 1 aromatic carbocycles. The second-order valence-electron chi connectivity index (χ2n) is 7.81. The number of imide groups is 1. The van der Waals surface area contributed by atoms with Gasteiger partial charge in [0, 0.05) is 26.2 Å². The Kier molecular flexibility index (Phi) is 5.10. The van der Waals surface area contributed by atoms with Gasteiger partial charge in [0.1, 0.15) is 11.4 Å². The number of aromatic hydroxyl groups is 1. The number of carbonyl (C=O) groups is 3. The molecule has 3 amide bonds. The van der Waals surface area contributed by atoms with Crippen LogP contribution in [0.1, 0.15) is 27.2 Å². The second kappa shape index (κ2) is 7.19. The first-order valence-corrected chi connectivity index (χ1v) is 9.03. The largest absolute Gasteiger partial charge is 0.508 e. The molecule has 0 bridgehead atoms. The van der Waals surface area contributed by atoms with Gasteiger partial charge in [-0.05, 0) is 45.0 Å². The molecule has 0 radical (unpaired) electrons. The van der Waals surface area contributed by atoms with Gasteiger partial charge >= 0.3 is 6.09 Å². The molecule has 146 valence electrons. The van der Waals surface area contributed by atoms with Crippen molar-refractivity contribution >= 4 is 23.6 Å². The van der Waals surface area contributed by atoms with Crippen LogP contribution in [0.3, 0.4) is 0 Å². The molecule has 0 aromatic heterocycles. The number of piperazine rings is 1. The van der Waals surface area contributed by atoms with Gasteiger partial charge in [0.2, 0.25) is 5.91 Å². The van der Waals surface area contributed by atoms with Crippen LogP contribution in [0.15, 0.2) is 24.3 Å². The molecule has 2 heterocycles. The van der Waals surface area contributed by atoms with Crippen LogP contribution in [-0.2, 0) is 14.3 Å². The molecule has 0 unspecified atom stereocenters. The van der Waals surface area contributed by atoms with Crippen molar-refractivity contribution in [1.29, 1.82) is 0 Å². The van der Waals surface area contributed by atoms with Gasteiger partial charge in [0.25, 0.3) is 5.91 Å². The second-order valence-corrected chi connectivity index (χ2v) is 7.81. The molecular formula is C19H25N3O5. The lowest BCUT2D eigenvalue weighted by atomic mass is 10.1. The van der Waals surface area contributed by atoms with Crippen LogP contribution in [-0.4, -0.2) is 70.6 Å². The average Bonchev–Trinajstić information content (AvgIpc) is 2.89. The summed E-state index contributed by atoms with van der Waals surface area (Å²) < 4.78 is 5.38. The summed E-state index contributed by atoms with van der Waals surface area (Å²) >= 11 is 0. The molecule has 0 spiro atoms. The van der Waals surface area contributed by atoms with Crippen molar-refractivity contribution in [2.24, 2.45) is 0 Å². The third-order valence-corrected chi connectivity index (χ3v) is 4.64. The molecule has 3 rings (SSSR count).